The Morgan fingerprint density at radius 1 is 1.24 bits per heavy atom. The number of rotatable bonds is 6. The van der Waals surface area contributed by atoms with Gasteiger partial charge in [0.25, 0.3) is 0 Å². The van der Waals surface area contributed by atoms with Crippen LogP contribution in [0.4, 0.5) is 13.2 Å². The minimum atomic E-state index is -4.41. The van der Waals surface area contributed by atoms with Gasteiger partial charge in [0, 0.05) is 17.0 Å². The fourth-order valence-electron chi connectivity index (χ4n) is 5.27. The summed E-state index contributed by atoms with van der Waals surface area (Å²) in [6, 6.07) is 12.8. The first kappa shape index (κ1) is 22.9. The van der Waals surface area contributed by atoms with Crippen molar-refractivity contribution in [2.75, 3.05) is 0 Å². The third-order valence-electron chi connectivity index (χ3n) is 6.58. The Kier molecular flexibility index (Phi) is 6.20. The summed E-state index contributed by atoms with van der Waals surface area (Å²) in [4.78, 5) is 11.7. The Hall–Kier alpha value is -3.27. The van der Waals surface area contributed by atoms with Crippen LogP contribution in [-0.4, -0.2) is 15.6 Å². The highest BCUT2D eigenvalue weighted by Crippen LogP contribution is 2.45. The van der Waals surface area contributed by atoms with Gasteiger partial charge in [0.05, 0.1) is 35.2 Å². The molecule has 0 radical (unpaired) electrons. The molecule has 0 saturated heterocycles. The topological polar surface area (TPSA) is 66.0 Å². The number of carbonyl (C=O) groups is 1. The third-order valence-corrected chi connectivity index (χ3v) is 6.58. The first-order valence-corrected chi connectivity index (χ1v) is 11.2. The zero-order valence-corrected chi connectivity index (χ0v) is 18.3. The summed E-state index contributed by atoms with van der Waals surface area (Å²) in [5.74, 6) is -1.09. The molecule has 7 heteroatoms. The lowest BCUT2D eigenvalue weighted by Gasteiger charge is -2.29. The van der Waals surface area contributed by atoms with E-state index in [2.05, 4.69) is 10.6 Å². The number of alkyl halides is 3. The van der Waals surface area contributed by atoms with E-state index in [1.165, 1.54) is 12.1 Å². The van der Waals surface area contributed by atoms with Crippen molar-refractivity contribution < 1.29 is 23.1 Å². The van der Waals surface area contributed by atoms with Gasteiger partial charge in [0.2, 0.25) is 0 Å². The van der Waals surface area contributed by atoms with E-state index in [-0.39, 0.29) is 18.4 Å². The van der Waals surface area contributed by atoms with Crippen LogP contribution in [-0.2, 0) is 17.4 Å². The third kappa shape index (κ3) is 4.22. The summed E-state index contributed by atoms with van der Waals surface area (Å²) in [5.41, 5.74) is 3.35. The van der Waals surface area contributed by atoms with Crippen molar-refractivity contribution in [3.05, 3.63) is 70.4 Å². The minimum Gasteiger partial charge on any atom is -0.481 e. The smallest absolute Gasteiger partial charge is 0.416 e. The number of benzene rings is 2. The number of hydrogen-bond acceptors (Lipinski definition) is 2. The predicted octanol–water partition coefficient (Wildman–Crippen LogP) is 6.82. The van der Waals surface area contributed by atoms with Gasteiger partial charge in [-0.25, -0.2) is 0 Å². The molecular weight excluding hydrogens is 429 g/mol. The number of carboxylic acid groups (broad SMARTS) is 1. The quantitative estimate of drug-likeness (QED) is 0.445. The molecule has 2 aromatic carbocycles. The standard InChI is InChI=1S/C26H25F3N2O2/c1-2-5-21(16-10-12-19(13-11-16)26(27,28)29)31-22-9-4-7-18(15-30)24(22)20-8-3-6-17(25(20)31)14-23(32)33/h4,7,9-13,17,21H,2-3,5-6,8,14H2,1H3,(H,32,33). The molecule has 1 aliphatic rings. The maximum Gasteiger partial charge on any atom is 0.416 e. The number of hydrogen-bond donors (Lipinski definition) is 1. The van der Waals surface area contributed by atoms with Crippen LogP contribution in [0.3, 0.4) is 0 Å². The highest BCUT2D eigenvalue weighted by Gasteiger charge is 2.34. The molecule has 1 heterocycles. The fourth-order valence-corrected chi connectivity index (χ4v) is 5.27. The molecule has 1 aliphatic carbocycles. The molecule has 4 nitrogen and oxygen atoms in total. The highest BCUT2D eigenvalue weighted by atomic mass is 19.4. The molecule has 1 aromatic heterocycles. The number of halogens is 3. The van der Waals surface area contributed by atoms with Gasteiger partial charge in [0.15, 0.2) is 0 Å². The number of nitrogens with zero attached hydrogens (tertiary/aromatic N) is 2. The molecule has 4 rings (SSSR count). The second kappa shape index (κ2) is 8.93. The van der Waals surface area contributed by atoms with Crippen LogP contribution in [0.15, 0.2) is 42.5 Å². The zero-order valence-electron chi connectivity index (χ0n) is 18.3. The molecule has 1 N–H and O–H groups in total. The summed E-state index contributed by atoms with van der Waals surface area (Å²) < 4.78 is 41.5. The van der Waals surface area contributed by atoms with E-state index in [9.17, 15) is 28.3 Å². The molecule has 0 aliphatic heterocycles. The van der Waals surface area contributed by atoms with Gasteiger partial charge < -0.3 is 9.67 Å². The number of carboxylic acids is 1. The van der Waals surface area contributed by atoms with Gasteiger partial charge in [0.1, 0.15) is 0 Å². The highest BCUT2D eigenvalue weighted by molar-refractivity contribution is 5.91. The average Bonchev–Trinajstić information content (AvgIpc) is 3.12. The van der Waals surface area contributed by atoms with Gasteiger partial charge in [-0.15, -0.1) is 0 Å². The Morgan fingerprint density at radius 2 is 1.97 bits per heavy atom. The van der Waals surface area contributed by atoms with Crippen molar-refractivity contribution in [3.8, 4) is 6.07 Å². The van der Waals surface area contributed by atoms with Crippen LogP contribution in [0.1, 0.15) is 78.9 Å². The maximum atomic E-state index is 13.1. The summed E-state index contributed by atoms with van der Waals surface area (Å²) in [6.45, 7) is 2.02. The fraction of sp³-hybridized carbons (Fsp3) is 0.385. The normalized spacial score (nSPS) is 16.9. The van der Waals surface area contributed by atoms with Crippen LogP contribution in [0.25, 0.3) is 10.9 Å². The Morgan fingerprint density at radius 3 is 2.58 bits per heavy atom. The Balaban J connectivity index is 1.98. The Bertz CT molecular complexity index is 1220. The van der Waals surface area contributed by atoms with Crippen LogP contribution < -0.4 is 0 Å². The van der Waals surface area contributed by atoms with Gasteiger partial charge in [-0.2, -0.15) is 18.4 Å². The number of aliphatic carboxylic acids is 1. The molecule has 3 aromatic rings. The average molecular weight is 454 g/mol. The molecule has 0 spiro atoms. The monoisotopic (exact) mass is 454 g/mol. The maximum absolute atomic E-state index is 13.1. The second-order valence-corrected chi connectivity index (χ2v) is 8.66. The zero-order chi connectivity index (χ0) is 23.8. The van der Waals surface area contributed by atoms with Gasteiger partial charge in [-0.05, 0) is 61.1 Å². The first-order valence-electron chi connectivity index (χ1n) is 11.2. The van der Waals surface area contributed by atoms with E-state index in [1.54, 1.807) is 6.07 Å². The van der Waals surface area contributed by atoms with E-state index in [4.69, 9.17) is 0 Å². The van der Waals surface area contributed by atoms with Crippen molar-refractivity contribution in [1.82, 2.24) is 4.57 Å². The summed E-state index contributed by atoms with van der Waals surface area (Å²) >= 11 is 0. The van der Waals surface area contributed by atoms with Crippen LogP contribution in [0.5, 0.6) is 0 Å². The Labute approximate surface area is 190 Å². The summed E-state index contributed by atoms with van der Waals surface area (Å²) in [6.07, 6.45) is -0.644. The summed E-state index contributed by atoms with van der Waals surface area (Å²) in [5, 5.41) is 20.2. The van der Waals surface area contributed by atoms with Crippen molar-refractivity contribution in [1.29, 1.82) is 5.26 Å². The second-order valence-electron chi connectivity index (χ2n) is 8.66. The largest absolute Gasteiger partial charge is 0.481 e. The van der Waals surface area contributed by atoms with Crippen LogP contribution in [0, 0.1) is 11.3 Å². The lowest BCUT2D eigenvalue weighted by Crippen LogP contribution is -2.21. The lowest BCUT2D eigenvalue weighted by atomic mass is 9.83. The van der Waals surface area contributed by atoms with Crippen molar-refractivity contribution in [3.63, 3.8) is 0 Å². The molecule has 33 heavy (non-hydrogen) atoms. The van der Waals surface area contributed by atoms with E-state index >= 15 is 0 Å². The van der Waals surface area contributed by atoms with Gasteiger partial charge in [-0.1, -0.05) is 31.5 Å². The lowest BCUT2D eigenvalue weighted by molar-refractivity contribution is -0.138. The molecule has 0 saturated carbocycles. The molecule has 2 unspecified atom stereocenters. The number of fused-ring (bicyclic) bond motifs is 3. The van der Waals surface area contributed by atoms with Crippen LogP contribution >= 0.6 is 0 Å². The molecule has 0 amide bonds. The van der Waals surface area contributed by atoms with E-state index < -0.39 is 17.7 Å². The number of nitriles is 1. The molecular formula is C26H25F3N2O2. The van der Waals surface area contributed by atoms with E-state index in [1.807, 2.05) is 19.1 Å². The van der Waals surface area contributed by atoms with E-state index in [0.29, 0.717) is 12.0 Å². The molecule has 0 bridgehead atoms. The molecule has 0 fully saturated rings. The van der Waals surface area contributed by atoms with Crippen LogP contribution in [0.2, 0.25) is 0 Å². The van der Waals surface area contributed by atoms with Crippen molar-refractivity contribution in [2.45, 2.75) is 63.6 Å². The minimum absolute atomic E-state index is 0.0168. The molecule has 172 valence electrons. The SMILES string of the molecule is CCCC(c1ccc(C(F)(F)F)cc1)n1c2c(c3c(C#N)cccc31)CCCC2CC(=O)O. The van der Waals surface area contributed by atoms with E-state index in [0.717, 1.165) is 65.5 Å². The predicted molar refractivity (Wildman–Crippen MR) is 119 cm³/mol. The van der Waals surface area contributed by atoms with Gasteiger partial charge in [-0.3, -0.25) is 4.79 Å². The summed E-state index contributed by atoms with van der Waals surface area (Å²) in [7, 11) is 0. The van der Waals surface area contributed by atoms with Crippen molar-refractivity contribution in [2.24, 2.45) is 0 Å². The first-order chi connectivity index (χ1) is 15.8. The number of aromatic nitrogens is 1. The van der Waals surface area contributed by atoms with Gasteiger partial charge >= 0.3 is 12.1 Å². The number of aryl methyl sites for hydroxylation is 1. The molecule has 2 atom stereocenters. The van der Waals surface area contributed by atoms with Crippen molar-refractivity contribution >= 4 is 16.9 Å².